The number of carbonyl (C=O) groups is 1. The van der Waals surface area contributed by atoms with Gasteiger partial charge in [0.25, 0.3) is 0 Å². The molecule has 2 aromatic heterocycles. The highest BCUT2D eigenvalue weighted by Gasteiger charge is 2.28. The number of aryl methyl sites for hydroxylation is 1. The van der Waals surface area contributed by atoms with Gasteiger partial charge in [-0.15, -0.1) is 0 Å². The van der Waals surface area contributed by atoms with Crippen LogP contribution in [0.4, 0.5) is 16.2 Å². The van der Waals surface area contributed by atoms with Crippen LogP contribution in [-0.2, 0) is 21.9 Å². The van der Waals surface area contributed by atoms with Crippen molar-refractivity contribution in [2.75, 3.05) is 10.6 Å². The predicted molar refractivity (Wildman–Crippen MR) is 140 cm³/mol. The average molecular weight is 548 g/mol. The molecule has 38 heavy (non-hydrogen) atoms. The summed E-state index contributed by atoms with van der Waals surface area (Å²) in [5.74, 6) is -1.99. The van der Waals surface area contributed by atoms with Crippen LogP contribution in [0.25, 0.3) is 17.3 Å². The van der Waals surface area contributed by atoms with E-state index in [1.54, 1.807) is 13.2 Å². The number of aliphatic hydroxyl groups excluding tert-OH is 2. The van der Waals surface area contributed by atoms with E-state index in [0.29, 0.717) is 16.8 Å². The van der Waals surface area contributed by atoms with Crippen molar-refractivity contribution in [2.45, 2.75) is 44.8 Å². The van der Waals surface area contributed by atoms with E-state index in [1.807, 2.05) is 13.8 Å². The number of aliphatic carboxylic acids is 1. The standard InChI is InChI=1S/C25H30FN5O6S/c1-15(2)23-20(10-9-18(32)13-19(33)14-22(34)35)24(16-5-7-17(26)8-6-16)28-25(27-23)31(38(4,36)37)21-11-12-30(3)29-21/h5-12,15,18-19,32-33H,13-14H2,1-4H3,(H,34,35)/t18-,19-/m1/s1. The molecule has 3 rings (SSSR count). The van der Waals surface area contributed by atoms with Crippen LogP contribution in [0.3, 0.4) is 0 Å². The molecule has 0 aliphatic carbocycles. The molecule has 0 bridgehead atoms. The first kappa shape index (κ1) is 28.9. The van der Waals surface area contributed by atoms with Crippen molar-refractivity contribution in [2.24, 2.45) is 7.05 Å². The Hall–Kier alpha value is -3.68. The number of benzene rings is 1. The van der Waals surface area contributed by atoms with E-state index < -0.39 is 40.4 Å². The van der Waals surface area contributed by atoms with E-state index in [0.717, 1.165) is 10.6 Å². The molecule has 0 saturated carbocycles. The summed E-state index contributed by atoms with van der Waals surface area (Å²) in [7, 11) is -2.29. The Kier molecular flexibility index (Phi) is 8.97. The largest absolute Gasteiger partial charge is 0.481 e. The molecule has 11 nitrogen and oxygen atoms in total. The molecule has 0 aliphatic heterocycles. The van der Waals surface area contributed by atoms with Crippen molar-refractivity contribution in [3.8, 4) is 11.3 Å². The molecule has 0 aliphatic rings. The lowest BCUT2D eigenvalue weighted by Crippen LogP contribution is -2.28. The number of sulfonamides is 1. The lowest BCUT2D eigenvalue weighted by atomic mass is 9.97. The number of anilines is 2. The summed E-state index contributed by atoms with van der Waals surface area (Å²) in [4.78, 5) is 19.9. The minimum absolute atomic E-state index is 0.0842. The number of carboxylic acids is 1. The summed E-state index contributed by atoms with van der Waals surface area (Å²) in [6, 6.07) is 6.96. The third-order valence-electron chi connectivity index (χ3n) is 5.46. The molecule has 0 radical (unpaired) electrons. The summed E-state index contributed by atoms with van der Waals surface area (Å²) in [6.07, 6.45) is 2.30. The Morgan fingerprint density at radius 3 is 2.34 bits per heavy atom. The fourth-order valence-corrected chi connectivity index (χ4v) is 4.59. The molecule has 0 fully saturated rings. The fraction of sp³-hybridized carbons (Fsp3) is 0.360. The molecule has 2 heterocycles. The van der Waals surface area contributed by atoms with E-state index >= 15 is 0 Å². The quantitative estimate of drug-likeness (QED) is 0.328. The minimum atomic E-state index is -3.93. The van der Waals surface area contributed by atoms with E-state index in [2.05, 4.69) is 15.1 Å². The van der Waals surface area contributed by atoms with Crippen molar-refractivity contribution in [1.82, 2.24) is 19.7 Å². The Balaban J connectivity index is 2.20. The maximum atomic E-state index is 13.7. The van der Waals surface area contributed by atoms with Gasteiger partial charge in [0.05, 0.1) is 36.3 Å². The Bertz CT molecular complexity index is 1420. The summed E-state index contributed by atoms with van der Waals surface area (Å²) < 4.78 is 41.7. The number of hydrogen-bond donors (Lipinski definition) is 3. The predicted octanol–water partition coefficient (Wildman–Crippen LogP) is 2.84. The zero-order valence-electron chi connectivity index (χ0n) is 21.4. The first-order chi connectivity index (χ1) is 17.8. The topological polar surface area (TPSA) is 159 Å². The summed E-state index contributed by atoms with van der Waals surface area (Å²) in [6.45, 7) is 3.69. The molecule has 0 amide bonds. The monoisotopic (exact) mass is 547 g/mol. The van der Waals surface area contributed by atoms with Crippen molar-refractivity contribution < 1.29 is 32.9 Å². The van der Waals surface area contributed by atoms with Crippen LogP contribution in [0.1, 0.15) is 43.9 Å². The highest BCUT2D eigenvalue weighted by atomic mass is 32.2. The highest BCUT2D eigenvalue weighted by Crippen LogP contribution is 2.34. The number of halogens is 1. The second kappa shape index (κ2) is 11.8. The third kappa shape index (κ3) is 7.21. The van der Waals surface area contributed by atoms with Gasteiger partial charge in [0.15, 0.2) is 5.82 Å². The van der Waals surface area contributed by atoms with Gasteiger partial charge in [0.1, 0.15) is 5.82 Å². The number of nitrogens with zero attached hydrogens (tertiary/aromatic N) is 5. The number of carboxylic acid groups (broad SMARTS) is 1. The molecule has 3 N–H and O–H groups in total. The zero-order valence-corrected chi connectivity index (χ0v) is 22.2. The van der Waals surface area contributed by atoms with Gasteiger partial charge in [0, 0.05) is 36.9 Å². The molecule has 0 unspecified atom stereocenters. The maximum Gasteiger partial charge on any atom is 0.305 e. The van der Waals surface area contributed by atoms with Crippen molar-refractivity contribution in [3.63, 3.8) is 0 Å². The normalized spacial score (nSPS) is 13.7. The van der Waals surface area contributed by atoms with Gasteiger partial charge in [-0.05, 0) is 30.2 Å². The SMILES string of the molecule is CC(C)c1nc(N(c2ccn(C)n2)S(C)(=O)=O)nc(-c2ccc(F)cc2)c1C=C[C@@H](O)C[C@@H](O)CC(=O)O. The maximum absolute atomic E-state index is 13.7. The van der Waals surface area contributed by atoms with Gasteiger partial charge in [-0.2, -0.15) is 9.40 Å². The highest BCUT2D eigenvalue weighted by molar-refractivity contribution is 7.92. The van der Waals surface area contributed by atoms with E-state index in [1.165, 1.54) is 47.2 Å². The lowest BCUT2D eigenvalue weighted by Gasteiger charge is -2.22. The van der Waals surface area contributed by atoms with Crippen molar-refractivity contribution in [1.29, 1.82) is 0 Å². The lowest BCUT2D eigenvalue weighted by molar-refractivity contribution is -0.139. The van der Waals surface area contributed by atoms with E-state index in [4.69, 9.17) is 5.11 Å². The summed E-state index contributed by atoms with van der Waals surface area (Å²) in [5, 5.41) is 33.3. The van der Waals surface area contributed by atoms with Crippen molar-refractivity contribution in [3.05, 3.63) is 59.7 Å². The van der Waals surface area contributed by atoms with Crippen LogP contribution in [0, 0.1) is 5.82 Å². The number of hydrogen-bond acceptors (Lipinski definition) is 8. The average Bonchev–Trinajstić information content (AvgIpc) is 3.21. The van der Waals surface area contributed by atoms with Gasteiger partial charge in [-0.3, -0.25) is 9.48 Å². The van der Waals surface area contributed by atoms with E-state index in [9.17, 15) is 27.8 Å². The smallest absolute Gasteiger partial charge is 0.305 e. The number of rotatable bonds is 11. The van der Waals surface area contributed by atoms with Crippen LogP contribution in [0.2, 0.25) is 0 Å². The van der Waals surface area contributed by atoms with Crippen LogP contribution in [-0.4, -0.2) is 67.9 Å². The zero-order chi connectivity index (χ0) is 28.2. The fourth-order valence-electron chi connectivity index (χ4n) is 3.78. The number of aliphatic hydroxyl groups is 2. The van der Waals surface area contributed by atoms with E-state index in [-0.39, 0.29) is 29.8 Å². The Morgan fingerprint density at radius 2 is 1.82 bits per heavy atom. The molecule has 13 heteroatoms. The van der Waals surface area contributed by atoms with Crippen molar-refractivity contribution >= 4 is 33.8 Å². The van der Waals surface area contributed by atoms with Crippen LogP contribution >= 0.6 is 0 Å². The van der Waals surface area contributed by atoms with Crippen LogP contribution in [0.5, 0.6) is 0 Å². The Morgan fingerprint density at radius 1 is 1.16 bits per heavy atom. The number of aromatic nitrogens is 4. The first-order valence-electron chi connectivity index (χ1n) is 11.7. The Labute approximate surface area is 220 Å². The third-order valence-corrected chi connectivity index (χ3v) is 6.47. The van der Waals surface area contributed by atoms with Gasteiger partial charge in [0.2, 0.25) is 16.0 Å². The van der Waals surface area contributed by atoms with Gasteiger partial charge in [-0.1, -0.05) is 26.0 Å². The molecule has 204 valence electrons. The molecular weight excluding hydrogens is 517 g/mol. The minimum Gasteiger partial charge on any atom is -0.481 e. The van der Waals surface area contributed by atoms with Gasteiger partial charge in [-0.25, -0.2) is 22.8 Å². The molecule has 0 saturated heterocycles. The van der Waals surface area contributed by atoms with Crippen LogP contribution in [0.15, 0.2) is 42.6 Å². The van der Waals surface area contributed by atoms with Crippen LogP contribution < -0.4 is 4.31 Å². The second-order valence-corrected chi connectivity index (χ2v) is 11.0. The summed E-state index contributed by atoms with van der Waals surface area (Å²) >= 11 is 0. The summed E-state index contributed by atoms with van der Waals surface area (Å²) in [5.41, 5.74) is 1.62. The second-order valence-electron chi connectivity index (χ2n) is 9.12. The first-order valence-corrected chi connectivity index (χ1v) is 13.5. The molecule has 2 atom stereocenters. The molecule has 3 aromatic rings. The molecule has 1 aromatic carbocycles. The molecule has 0 spiro atoms. The van der Waals surface area contributed by atoms with Gasteiger partial charge < -0.3 is 15.3 Å². The molecular formula is C25H30FN5O6S. The van der Waals surface area contributed by atoms with Gasteiger partial charge >= 0.3 is 5.97 Å².